The van der Waals surface area contributed by atoms with Crippen LogP contribution in [0.1, 0.15) is 31.2 Å². The molecule has 2 saturated heterocycles. The lowest BCUT2D eigenvalue weighted by atomic mass is 10.0. The van der Waals surface area contributed by atoms with Crippen molar-refractivity contribution in [2.45, 2.75) is 44.9 Å². The number of amides is 1. The third-order valence-electron chi connectivity index (χ3n) is 4.67. The molecule has 0 spiro atoms. The summed E-state index contributed by atoms with van der Waals surface area (Å²) >= 11 is 0. The molecule has 1 atom stereocenters. The number of hydrogen-bond acceptors (Lipinski definition) is 4. The van der Waals surface area contributed by atoms with E-state index >= 15 is 0 Å². The molecule has 126 valence electrons. The molecular formula is C18H26N2O3. The van der Waals surface area contributed by atoms with Gasteiger partial charge in [-0.15, -0.1) is 0 Å². The van der Waals surface area contributed by atoms with Crippen molar-refractivity contribution in [2.24, 2.45) is 0 Å². The zero-order valence-corrected chi connectivity index (χ0v) is 13.8. The van der Waals surface area contributed by atoms with Crippen LogP contribution >= 0.6 is 0 Å². The minimum absolute atomic E-state index is 0.0666. The minimum atomic E-state index is -0.116. The Hall–Kier alpha value is -1.43. The molecular weight excluding hydrogens is 292 g/mol. The normalized spacial score (nSPS) is 23.1. The van der Waals surface area contributed by atoms with Gasteiger partial charge in [-0.3, -0.25) is 9.69 Å². The Balaban J connectivity index is 1.51. The molecule has 2 aliphatic heterocycles. The molecule has 0 saturated carbocycles. The molecule has 0 aliphatic carbocycles. The van der Waals surface area contributed by atoms with Gasteiger partial charge in [0, 0.05) is 18.7 Å². The standard InChI is InChI=1S/C18H26N2O3/c1-14-6-2-3-7-15(14)19-17(21)9-11-20-10-5-4-8-16(20)18-22-12-13-23-18/h2-3,6-7,16,18H,4-5,8-13H2,1H3,(H,19,21)/t16-/m1/s1. The lowest BCUT2D eigenvalue weighted by Crippen LogP contribution is -2.48. The number of hydrogen-bond donors (Lipinski definition) is 1. The number of likely N-dealkylation sites (tertiary alicyclic amines) is 1. The van der Waals surface area contributed by atoms with Gasteiger partial charge in [-0.05, 0) is 37.9 Å². The zero-order chi connectivity index (χ0) is 16.1. The number of carbonyl (C=O) groups excluding carboxylic acids is 1. The van der Waals surface area contributed by atoms with Crippen LogP contribution in [0.2, 0.25) is 0 Å². The first-order valence-electron chi connectivity index (χ1n) is 8.57. The van der Waals surface area contributed by atoms with E-state index in [0.717, 1.165) is 30.8 Å². The van der Waals surface area contributed by atoms with Crippen molar-refractivity contribution in [3.05, 3.63) is 29.8 Å². The van der Waals surface area contributed by atoms with Crippen LogP contribution in [0.5, 0.6) is 0 Å². The van der Waals surface area contributed by atoms with Crippen molar-refractivity contribution in [1.29, 1.82) is 0 Å². The van der Waals surface area contributed by atoms with E-state index in [1.54, 1.807) is 0 Å². The molecule has 5 heteroatoms. The third-order valence-corrected chi connectivity index (χ3v) is 4.67. The van der Waals surface area contributed by atoms with Gasteiger partial charge in [-0.25, -0.2) is 0 Å². The summed E-state index contributed by atoms with van der Waals surface area (Å²) in [5.74, 6) is 0.0666. The summed E-state index contributed by atoms with van der Waals surface area (Å²) in [4.78, 5) is 14.6. The molecule has 0 bridgehead atoms. The largest absolute Gasteiger partial charge is 0.349 e. The monoisotopic (exact) mass is 318 g/mol. The van der Waals surface area contributed by atoms with Crippen molar-refractivity contribution in [1.82, 2.24) is 4.90 Å². The molecule has 2 aliphatic rings. The first-order valence-corrected chi connectivity index (χ1v) is 8.57. The number of ether oxygens (including phenoxy) is 2. The van der Waals surface area contributed by atoms with Gasteiger partial charge >= 0.3 is 0 Å². The summed E-state index contributed by atoms with van der Waals surface area (Å²) in [5, 5.41) is 3.01. The number of piperidine rings is 1. The van der Waals surface area contributed by atoms with Crippen LogP contribution in [0.3, 0.4) is 0 Å². The molecule has 2 heterocycles. The Morgan fingerprint density at radius 2 is 2.04 bits per heavy atom. The summed E-state index contributed by atoms with van der Waals surface area (Å²) in [7, 11) is 0. The molecule has 1 amide bonds. The molecule has 23 heavy (non-hydrogen) atoms. The Labute approximate surface area is 137 Å². The fourth-order valence-corrected chi connectivity index (χ4v) is 3.37. The molecule has 0 aromatic heterocycles. The second-order valence-electron chi connectivity index (χ2n) is 6.32. The highest BCUT2D eigenvalue weighted by Crippen LogP contribution is 2.24. The van der Waals surface area contributed by atoms with Crippen molar-refractivity contribution in [2.75, 3.05) is 31.6 Å². The van der Waals surface area contributed by atoms with Crippen LogP contribution in [0, 0.1) is 6.92 Å². The molecule has 1 aromatic carbocycles. The highest BCUT2D eigenvalue weighted by Gasteiger charge is 2.33. The van der Waals surface area contributed by atoms with Crippen LogP contribution in [0.25, 0.3) is 0 Å². The third kappa shape index (κ3) is 4.31. The fraction of sp³-hybridized carbons (Fsp3) is 0.611. The number of rotatable bonds is 5. The van der Waals surface area contributed by atoms with Crippen molar-refractivity contribution in [3.8, 4) is 0 Å². The number of nitrogens with zero attached hydrogens (tertiary/aromatic N) is 1. The number of para-hydroxylation sites is 1. The topological polar surface area (TPSA) is 50.8 Å². The first kappa shape index (κ1) is 16.4. The molecule has 2 fully saturated rings. The highest BCUT2D eigenvalue weighted by atomic mass is 16.7. The van der Waals surface area contributed by atoms with Gasteiger partial charge in [0.1, 0.15) is 0 Å². The van der Waals surface area contributed by atoms with Gasteiger partial charge in [0.05, 0.1) is 19.3 Å². The second kappa shape index (κ2) is 7.90. The number of anilines is 1. The molecule has 3 rings (SSSR count). The van der Waals surface area contributed by atoms with E-state index in [0.29, 0.717) is 19.6 Å². The summed E-state index contributed by atoms with van der Waals surface area (Å²) in [6.07, 6.45) is 3.86. The van der Waals surface area contributed by atoms with E-state index in [1.807, 2.05) is 31.2 Å². The first-order chi connectivity index (χ1) is 11.2. The van der Waals surface area contributed by atoms with Gasteiger partial charge in [0.2, 0.25) is 5.91 Å². The van der Waals surface area contributed by atoms with Gasteiger partial charge < -0.3 is 14.8 Å². The second-order valence-corrected chi connectivity index (χ2v) is 6.32. The number of carbonyl (C=O) groups is 1. The summed E-state index contributed by atoms with van der Waals surface area (Å²) in [5.41, 5.74) is 1.99. The summed E-state index contributed by atoms with van der Waals surface area (Å²) in [6.45, 7) is 5.15. The molecule has 0 unspecified atom stereocenters. The van der Waals surface area contributed by atoms with Gasteiger partial charge in [-0.1, -0.05) is 24.6 Å². The van der Waals surface area contributed by atoms with E-state index in [-0.39, 0.29) is 18.2 Å². The van der Waals surface area contributed by atoms with Crippen molar-refractivity contribution in [3.63, 3.8) is 0 Å². The van der Waals surface area contributed by atoms with Gasteiger partial charge in [0.15, 0.2) is 6.29 Å². The summed E-state index contributed by atoms with van der Waals surface area (Å²) < 4.78 is 11.4. The zero-order valence-electron chi connectivity index (χ0n) is 13.8. The lowest BCUT2D eigenvalue weighted by Gasteiger charge is -2.37. The van der Waals surface area contributed by atoms with E-state index in [2.05, 4.69) is 10.2 Å². The van der Waals surface area contributed by atoms with Gasteiger partial charge in [-0.2, -0.15) is 0 Å². The smallest absolute Gasteiger partial charge is 0.225 e. The molecule has 0 radical (unpaired) electrons. The fourth-order valence-electron chi connectivity index (χ4n) is 3.37. The van der Waals surface area contributed by atoms with E-state index in [1.165, 1.54) is 12.8 Å². The maximum Gasteiger partial charge on any atom is 0.225 e. The number of aryl methyl sites for hydroxylation is 1. The predicted octanol–water partition coefficient (Wildman–Crippen LogP) is 2.55. The van der Waals surface area contributed by atoms with Gasteiger partial charge in [0.25, 0.3) is 0 Å². The SMILES string of the molecule is Cc1ccccc1NC(=O)CCN1CCCC[C@@H]1C1OCCO1. The average Bonchev–Trinajstić information content (AvgIpc) is 3.10. The average molecular weight is 318 g/mol. The van der Waals surface area contributed by atoms with Crippen LogP contribution in [-0.2, 0) is 14.3 Å². The van der Waals surface area contributed by atoms with Crippen molar-refractivity contribution >= 4 is 11.6 Å². The summed E-state index contributed by atoms with van der Waals surface area (Å²) in [6, 6.07) is 8.16. The highest BCUT2D eigenvalue weighted by molar-refractivity contribution is 5.91. The molecule has 1 aromatic rings. The van der Waals surface area contributed by atoms with Crippen molar-refractivity contribution < 1.29 is 14.3 Å². The van der Waals surface area contributed by atoms with Crippen LogP contribution in [0.15, 0.2) is 24.3 Å². The Kier molecular flexibility index (Phi) is 5.65. The maximum absolute atomic E-state index is 12.2. The van der Waals surface area contributed by atoms with E-state index in [9.17, 15) is 4.79 Å². The van der Waals surface area contributed by atoms with E-state index < -0.39 is 0 Å². The number of nitrogens with one attached hydrogen (secondary N) is 1. The quantitative estimate of drug-likeness (QED) is 0.906. The minimum Gasteiger partial charge on any atom is -0.349 e. The number of benzene rings is 1. The maximum atomic E-state index is 12.2. The molecule has 1 N–H and O–H groups in total. The van der Waals surface area contributed by atoms with Crippen LogP contribution in [0.4, 0.5) is 5.69 Å². The Morgan fingerprint density at radius 3 is 2.83 bits per heavy atom. The Bertz CT molecular complexity index is 529. The Morgan fingerprint density at radius 1 is 1.26 bits per heavy atom. The van der Waals surface area contributed by atoms with Crippen LogP contribution in [-0.4, -0.2) is 49.4 Å². The van der Waals surface area contributed by atoms with Crippen LogP contribution < -0.4 is 5.32 Å². The van der Waals surface area contributed by atoms with E-state index in [4.69, 9.17) is 9.47 Å². The lowest BCUT2D eigenvalue weighted by molar-refractivity contribution is -0.120. The predicted molar refractivity (Wildman–Crippen MR) is 89.3 cm³/mol. The molecule has 5 nitrogen and oxygen atoms in total.